The molecule has 0 aromatic carbocycles. The van der Waals surface area contributed by atoms with Gasteiger partial charge in [-0.05, 0) is 132 Å². The van der Waals surface area contributed by atoms with E-state index in [-0.39, 0.29) is 28.4 Å². The maximum Gasteiger partial charge on any atom is 0.162 e. The Labute approximate surface area is 291 Å². The van der Waals surface area contributed by atoms with Crippen molar-refractivity contribution in [1.29, 1.82) is 0 Å². The van der Waals surface area contributed by atoms with Gasteiger partial charge in [-0.1, -0.05) is 49.9 Å². The van der Waals surface area contributed by atoms with Gasteiger partial charge in [-0.3, -0.25) is 4.79 Å². The van der Waals surface area contributed by atoms with Gasteiger partial charge in [0.1, 0.15) is 11.3 Å². The molecule has 7 heteroatoms. The molecule has 6 saturated carbocycles. The summed E-state index contributed by atoms with van der Waals surface area (Å²) in [7, 11) is 0. The third-order valence-corrected chi connectivity index (χ3v) is 17.3. The van der Waals surface area contributed by atoms with Crippen LogP contribution in [0.15, 0.2) is 27.9 Å². The monoisotopic (exact) mass is 673 g/mol. The molecule has 266 valence electrons. The van der Waals surface area contributed by atoms with Crippen LogP contribution in [0, 0.1) is 63.6 Å². The summed E-state index contributed by atoms with van der Waals surface area (Å²) in [6, 6.07) is 0. The van der Waals surface area contributed by atoms with E-state index in [9.17, 15) is 20.1 Å². The number of allylic oxidation sites excluding steroid dienone is 2. The van der Waals surface area contributed by atoms with Gasteiger partial charge in [-0.25, -0.2) is 4.39 Å². The van der Waals surface area contributed by atoms with Crippen LogP contribution in [0.25, 0.3) is 6.08 Å². The zero-order valence-electron chi connectivity index (χ0n) is 30.2. The molecule has 0 radical (unpaired) electrons. The van der Waals surface area contributed by atoms with Crippen LogP contribution >= 0.6 is 0 Å². The van der Waals surface area contributed by atoms with E-state index in [1.807, 2.05) is 27.0 Å². The molecule has 13 atom stereocenters. The Morgan fingerprint density at radius 3 is 2.33 bits per heavy atom. The molecule has 8 aliphatic carbocycles. The van der Waals surface area contributed by atoms with Crippen LogP contribution in [0.4, 0.5) is 4.39 Å². The van der Waals surface area contributed by atoms with E-state index in [4.69, 9.17) is 10.9 Å². The molecule has 6 nitrogen and oxygen atoms in total. The summed E-state index contributed by atoms with van der Waals surface area (Å²) in [5.41, 5.74) is -0.843. The van der Waals surface area contributed by atoms with E-state index in [0.717, 1.165) is 62.7 Å². The van der Waals surface area contributed by atoms with Crippen molar-refractivity contribution in [2.24, 2.45) is 51.2 Å². The number of carbonyl (C=O) groups excluding carboxylic acids is 1. The predicted molar refractivity (Wildman–Crippen MR) is 185 cm³/mol. The SMILES string of the molecule is C#C[C@]1(O)CC[C@H]2[C@@H]3CCC4=Cc5oncc5C[C@]4(C)[C@H]3CC[C@@]21C.C[C@]1(O)CC[C@H]2[C@@H]3CCC4=CC(=O)CC[C@]4(C)[C@@]3(F)[C@@H](O)C[C@@]21C. The topological polar surface area (TPSA) is 104 Å². The molecule has 0 amide bonds. The van der Waals surface area contributed by atoms with Gasteiger partial charge in [0.05, 0.1) is 17.9 Å². The highest BCUT2D eigenvalue weighted by Crippen LogP contribution is 2.71. The third kappa shape index (κ3) is 4.23. The van der Waals surface area contributed by atoms with Gasteiger partial charge >= 0.3 is 0 Å². The molecule has 1 aromatic heterocycles. The average Bonchev–Trinajstić information content (AvgIpc) is 3.68. The number of terminal acetylenes is 1. The van der Waals surface area contributed by atoms with Crippen LogP contribution in [0.2, 0.25) is 0 Å². The number of hydrogen-bond donors (Lipinski definition) is 3. The van der Waals surface area contributed by atoms with Crippen LogP contribution in [-0.2, 0) is 11.2 Å². The van der Waals surface area contributed by atoms with Crippen molar-refractivity contribution in [3.8, 4) is 12.3 Å². The zero-order chi connectivity index (χ0) is 35.0. The quantitative estimate of drug-likeness (QED) is 0.246. The first-order valence-electron chi connectivity index (χ1n) is 19.2. The predicted octanol–water partition coefficient (Wildman–Crippen LogP) is 7.55. The summed E-state index contributed by atoms with van der Waals surface area (Å²) in [5.74, 6) is 5.58. The molecule has 0 saturated heterocycles. The number of alkyl halides is 1. The summed E-state index contributed by atoms with van der Waals surface area (Å²) in [6.45, 7) is 10.5. The Hall–Kier alpha value is -2.27. The highest BCUT2D eigenvalue weighted by atomic mass is 19.1. The molecule has 8 aliphatic rings. The summed E-state index contributed by atoms with van der Waals surface area (Å²) < 4.78 is 22.1. The average molecular weight is 674 g/mol. The summed E-state index contributed by atoms with van der Waals surface area (Å²) in [6.07, 6.45) is 22.0. The van der Waals surface area contributed by atoms with E-state index in [2.05, 4.69) is 31.0 Å². The number of aliphatic hydroxyl groups excluding tert-OH is 1. The Bertz CT molecular complexity index is 1670. The molecule has 0 aliphatic heterocycles. The molecule has 3 N–H and O–H groups in total. The van der Waals surface area contributed by atoms with Crippen LogP contribution in [0.5, 0.6) is 0 Å². The Morgan fingerprint density at radius 1 is 0.857 bits per heavy atom. The highest BCUT2D eigenvalue weighted by molar-refractivity contribution is 5.91. The largest absolute Gasteiger partial charge is 0.390 e. The summed E-state index contributed by atoms with van der Waals surface area (Å²) >= 11 is 0. The van der Waals surface area contributed by atoms with Crippen LogP contribution < -0.4 is 0 Å². The van der Waals surface area contributed by atoms with Crippen molar-refractivity contribution >= 4 is 11.9 Å². The van der Waals surface area contributed by atoms with E-state index in [1.165, 1.54) is 12.0 Å². The fraction of sp³-hybridized carbons (Fsp3) is 0.762. The maximum atomic E-state index is 16.6. The van der Waals surface area contributed by atoms with Crippen LogP contribution in [0.1, 0.15) is 129 Å². The first-order valence-corrected chi connectivity index (χ1v) is 19.2. The first kappa shape index (κ1) is 33.9. The van der Waals surface area contributed by atoms with Crippen molar-refractivity contribution in [2.75, 3.05) is 0 Å². The van der Waals surface area contributed by atoms with Gasteiger partial charge < -0.3 is 19.8 Å². The fourth-order valence-electron chi connectivity index (χ4n) is 13.9. The third-order valence-electron chi connectivity index (χ3n) is 17.3. The fourth-order valence-corrected chi connectivity index (χ4v) is 13.9. The lowest BCUT2D eigenvalue weighted by molar-refractivity contribution is -0.225. The van der Waals surface area contributed by atoms with Gasteiger partial charge in [0.15, 0.2) is 11.5 Å². The highest BCUT2D eigenvalue weighted by Gasteiger charge is 2.72. The second-order valence-corrected chi connectivity index (χ2v) is 18.8. The number of halogens is 1. The number of aliphatic hydroxyl groups is 3. The molecule has 0 spiro atoms. The minimum atomic E-state index is -1.69. The maximum absolute atomic E-state index is 16.6. The van der Waals surface area contributed by atoms with Gasteiger partial charge in [0.25, 0.3) is 0 Å². The molecular formula is C42H56FNO5. The lowest BCUT2D eigenvalue weighted by Gasteiger charge is -2.63. The van der Waals surface area contributed by atoms with E-state index in [1.54, 1.807) is 11.6 Å². The number of aromatic nitrogens is 1. The lowest BCUT2D eigenvalue weighted by Crippen LogP contribution is -2.68. The standard InChI is InChI=1S/C22H27NO2.C20H29FO3/c1-4-22(24)10-8-18-16-6-5-15-11-19-14(13-23-25-19)12-20(15,2)17(16)7-9-21(18,22)3;1-17-8-6-13(22)10-12(17)4-5-15-14-7-9-19(3,24)18(14,2)11-16(23)20(15,17)21/h1,11,13,16-18,24H,5-10,12H2,2-3H3;10,14-16,23-24H,4-9,11H2,1-3H3/t16-,17+,18+,20+,21+,22+;14-,15-,16-,17-,18-,19-,20-/m10/s1. The van der Waals surface area contributed by atoms with Crippen molar-refractivity contribution < 1.29 is 29.0 Å². The van der Waals surface area contributed by atoms with E-state index in [0.29, 0.717) is 49.9 Å². The normalized spacial score (nSPS) is 52.3. The Balaban J connectivity index is 0.000000142. The van der Waals surface area contributed by atoms with Gasteiger partial charge in [0.2, 0.25) is 0 Å². The number of ketones is 1. The van der Waals surface area contributed by atoms with Crippen molar-refractivity contribution in [3.05, 3.63) is 34.7 Å². The van der Waals surface area contributed by atoms with Crippen LogP contribution in [-0.4, -0.2) is 49.2 Å². The van der Waals surface area contributed by atoms with Crippen LogP contribution in [0.3, 0.4) is 0 Å². The number of rotatable bonds is 0. The van der Waals surface area contributed by atoms with E-state index < -0.39 is 33.8 Å². The van der Waals surface area contributed by atoms with Crippen molar-refractivity contribution in [3.63, 3.8) is 0 Å². The van der Waals surface area contributed by atoms with Gasteiger partial charge in [-0.15, -0.1) is 6.42 Å². The number of carbonyl (C=O) groups is 1. The smallest absolute Gasteiger partial charge is 0.162 e. The summed E-state index contributed by atoms with van der Waals surface area (Å²) in [5, 5.41) is 37.0. The summed E-state index contributed by atoms with van der Waals surface area (Å²) in [4.78, 5) is 11.8. The first-order chi connectivity index (χ1) is 23.0. The van der Waals surface area contributed by atoms with Gasteiger partial charge in [0, 0.05) is 34.1 Å². The van der Waals surface area contributed by atoms with Crippen molar-refractivity contribution in [2.45, 2.75) is 147 Å². The Morgan fingerprint density at radius 2 is 1.57 bits per heavy atom. The molecule has 0 unspecified atom stereocenters. The van der Waals surface area contributed by atoms with Gasteiger partial charge in [-0.2, -0.15) is 0 Å². The van der Waals surface area contributed by atoms with Crippen molar-refractivity contribution in [1.82, 2.24) is 5.16 Å². The molecule has 1 aromatic rings. The molecular weight excluding hydrogens is 617 g/mol. The minimum absolute atomic E-state index is 0.0865. The number of nitrogens with zero attached hydrogens (tertiary/aromatic N) is 1. The second kappa shape index (κ2) is 10.6. The molecule has 0 bridgehead atoms. The minimum Gasteiger partial charge on any atom is -0.390 e. The second-order valence-electron chi connectivity index (χ2n) is 18.8. The number of hydrogen-bond acceptors (Lipinski definition) is 6. The van der Waals surface area contributed by atoms with E-state index >= 15 is 4.39 Å². The molecule has 49 heavy (non-hydrogen) atoms. The molecule has 1 heterocycles. The lowest BCUT2D eigenvalue weighted by atomic mass is 9.44. The number of fused-ring (bicyclic) bond motifs is 11. The Kier molecular flexibility index (Phi) is 7.35. The molecule has 6 fully saturated rings. The molecule has 9 rings (SSSR count). The zero-order valence-corrected chi connectivity index (χ0v) is 30.2.